The monoisotopic (exact) mass is 322 g/mol. The number of aryl methyl sites for hydroxylation is 1. The van der Waals surface area contributed by atoms with Gasteiger partial charge in [-0.2, -0.15) is 0 Å². The van der Waals surface area contributed by atoms with Gasteiger partial charge in [-0.15, -0.1) is 0 Å². The van der Waals surface area contributed by atoms with E-state index in [-0.39, 0.29) is 0 Å². The van der Waals surface area contributed by atoms with Gasteiger partial charge in [0.1, 0.15) is 24.9 Å². The first-order valence-electron chi connectivity index (χ1n) is 8.41. The zero-order valence-electron chi connectivity index (χ0n) is 13.4. The zero-order valence-corrected chi connectivity index (χ0v) is 13.4. The fraction of sp³-hybridized carbons (Fsp3) is 0.647. The lowest BCUT2D eigenvalue weighted by Crippen LogP contribution is -2.57. The molecule has 0 aromatic heterocycles. The summed E-state index contributed by atoms with van der Waals surface area (Å²) >= 11 is 0. The van der Waals surface area contributed by atoms with Gasteiger partial charge in [0.2, 0.25) is 0 Å². The van der Waals surface area contributed by atoms with Gasteiger partial charge >= 0.3 is 0 Å². The summed E-state index contributed by atoms with van der Waals surface area (Å²) in [6.45, 7) is 2.14. The molecule has 6 nitrogen and oxygen atoms in total. The second-order valence-corrected chi connectivity index (χ2v) is 6.53. The van der Waals surface area contributed by atoms with Crippen LogP contribution < -0.4 is 5.32 Å². The van der Waals surface area contributed by atoms with Crippen LogP contribution in [0.5, 0.6) is 0 Å². The van der Waals surface area contributed by atoms with Gasteiger partial charge in [-0.05, 0) is 31.2 Å². The Labute approximate surface area is 136 Å². The Morgan fingerprint density at radius 1 is 1.09 bits per heavy atom. The summed E-state index contributed by atoms with van der Waals surface area (Å²) < 4.78 is 0. The quantitative estimate of drug-likeness (QED) is 0.560. The lowest BCUT2D eigenvalue weighted by Gasteiger charge is -2.40. The first-order chi connectivity index (χ1) is 11.0. The predicted octanol–water partition coefficient (Wildman–Crippen LogP) is 0.715. The van der Waals surface area contributed by atoms with Crippen molar-refractivity contribution in [2.24, 2.45) is 0 Å². The molecule has 0 radical (unpaired) electrons. The van der Waals surface area contributed by atoms with E-state index in [1.807, 2.05) is 18.2 Å². The van der Waals surface area contributed by atoms with E-state index in [1.165, 1.54) is 4.90 Å². The van der Waals surface area contributed by atoms with Crippen molar-refractivity contribution < 1.29 is 20.4 Å². The molecule has 0 bridgehead atoms. The fourth-order valence-corrected chi connectivity index (χ4v) is 3.63. The van der Waals surface area contributed by atoms with Crippen molar-refractivity contribution in [1.29, 1.82) is 0 Å². The minimum absolute atomic E-state index is 0.449. The molecule has 2 heterocycles. The molecule has 1 aromatic carbocycles. The van der Waals surface area contributed by atoms with E-state index < -0.39 is 31.0 Å². The lowest BCUT2D eigenvalue weighted by molar-refractivity contribution is -0.159. The van der Waals surface area contributed by atoms with Crippen LogP contribution in [0.4, 0.5) is 0 Å². The van der Waals surface area contributed by atoms with Crippen LogP contribution in [0.2, 0.25) is 0 Å². The average molecular weight is 322 g/mol. The van der Waals surface area contributed by atoms with Crippen LogP contribution in [0.1, 0.15) is 61.8 Å². The summed E-state index contributed by atoms with van der Waals surface area (Å²) in [6.07, 6.45) is 0.483. The molecular weight excluding hydrogens is 296 g/mol. The van der Waals surface area contributed by atoms with Gasteiger partial charge in [-0.3, -0.25) is 5.32 Å². The number of piperidine rings is 1. The first-order valence-corrected chi connectivity index (χ1v) is 8.41. The van der Waals surface area contributed by atoms with Gasteiger partial charge in [-0.1, -0.05) is 31.5 Å². The van der Waals surface area contributed by atoms with Crippen LogP contribution in [0.3, 0.4) is 0 Å². The number of nitrogens with zero attached hydrogens (tertiary/aromatic N) is 1. The molecule has 5 atom stereocenters. The number of fused-ring (bicyclic) bond motifs is 1. The van der Waals surface area contributed by atoms with Crippen LogP contribution >= 0.6 is 0 Å². The summed E-state index contributed by atoms with van der Waals surface area (Å²) in [6, 6.07) is 5.37. The number of benzene rings is 1. The minimum Gasteiger partial charge on any atom is -0.379 e. The molecule has 1 aromatic rings. The molecular formula is C17H26N2O4. The molecule has 0 aliphatic carbocycles. The Morgan fingerprint density at radius 3 is 2.52 bits per heavy atom. The number of hydrogen-bond donors (Lipinski definition) is 5. The third-order valence-corrected chi connectivity index (χ3v) is 4.94. The minimum atomic E-state index is -0.989. The number of rotatable bonds is 4. The molecule has 0 amide bonds. The summed E-state index contributed by atoms with van der Waals surface area (Å²) in [4.78, 5) is 1.53. The maximum absolute atomic E-state index is 10.7. The maximum Gasteiger partial charge on any atom is 0.136 e. The van der Waals surface area contributed by atoms with Crippen molar-refractivity contribution in [3.05, 3.63) is 34.9 Å². The van der Waals surface area contributed by atoms with E-state index in [1.54, 1.807) is 0 Å². The van der Waals surface area contributed by atoms with Gasteiger partial charge in [0.25, 0.3) is 0 Å². The van der Waals surface area contributed by atoms with Crippen LogP contribution in [-0.2, 0) is 6.42 Å². The molecule has 0 spiro atoms. The molecule has 5 N–H and O–H groups in total. The Bertz CT molecular complexity index is 553. The highest BCUT2D eigenvalue weighted by Crippen LogP contribution is 2.42. The molecule has 2 aliphatic heterocycles. The van der Waals surface area contributed by atoms with E-state index in [0.717, 1.165) is 24.8 Å². The normalized spacial score (nSPS) is 34.6. The number of nitrogens with one attached hydrogen (secondary N) is 1. The third-order valence-electron chi connectivity index (χ3n) is 4.94. The average Bonchev–Trinajstić information content (AvgIpc) is 2.77. The maximum atomic E-state index is 10.7. The number of aliphatic hydroxyl groups is 4. The Hall–Kier alpha value is -1.02. The third kappa shape index (κ3) is 3.15. The van der Waals surface area contributed by atoms with Crippen LogP contribution in [0.15, 0.2) is 18.2 Å². The summed E-state index contributed by atoms with van der Waals surface area (Å²) in [7, 11) is 0. The molecule has 3 rings (SSSR count). The number of aliphatic hydroxyl groups excluding tert-OH is 4. The smallest absolute Gasteiger partial charge is 0.136 e. The van der Waals surface area contributed by atoms with Crippen molar-refractivity contribution in [3.63, 3.8) is 0 Å². The summed E-state index contributed by atoms with van der Waals surface area (Å²) in [5.74, 6) is 0. The SMILES string of the molecule is CCCCc1ccc2c(c1)C(O)N(C1CCC(O)NC1O)C2O. The number of unbranched alkanes of at least 4 members (excludes halogenated alkanes) is 1. The van der Waals surface area contributed by atoms with E-state index in [4.69, 9.17) is 0 Å². The largest absolute Gasteiger partial charge is 0.379 e. The van der Waals surface area contributed by atoms with Crippen molar-refractivity contribution in [2.45, 2.75) is 70.0 Å². The number of hydrogen-bond acceptors (Lipinski definition) is 6. The lowest BCUT2D eigenvalue weighted by atomic mass is 10.0. The van der Waals surface area contributed by atoms with Crippen molar-refractivity contribution >= 4 is 0 Å². The molecule has 2 aliphatic rings. The van der Waals surface area contributed by atoms with Crippen LogP contribution in [0, 0.1) is 0 Å². The summed E-state index contributed by atoms with van der Waals surface area (Å²) in [5.41, 5.74) is 2.55. The highest BCUT2D eigenvalue weighted by Gasteiger charge is 2.44. The molecule has 1 fully saturated rings. The van der Waals surface area contributed by atoms with E-state index >= 15 is 0 Å². The van der Waals surface area contributed by atoms with E-state index in [2.05, 4.69) is 12.2 Å². The molecule has 1 saturated heterocycles. The van der Waals surface area contributed by atoms with Gasteiger partial charge in [0.15, 0.2) is 0 Å². The van der Waals surface area contributed by atoms with E-state index in [9.17, 15) is 20.4 Å². The Morgan fingerprint density at radius 2 is 1.83 bits per heavy atom. The summed E-state index contributed by atoms with van der Waals surface area (Å²) in [5, 5.41) is 43.6. The molecule has 5 unspecified atom stereocenters. The van der Waals surface area contributed by atoms with E-state index in [0.29, 0.717) is 24.0 Å². The molecule has 6 heteroatoms. The first kappa shape index (κ1) is 16.8. The standard InChI is InChI=1S/C17H26N2O4/c1-2-3-4-10-5-6-11-12(9-10)17(23)19(16(11)22)13-7-8-14(20)18-15(13)21/h5-6,9,13-18,20-23H,2-4,7-8H2,1H3. The van der Waals surface area contributed by atoms with Crippen molar-refractivity contribution in [1.82, 2.24) is 10.2 Å². The van der Waals surface area contributed by atoms with Gasteiger partial charge < -0.3 is 20.4 Å². The molecule has 23 heavy (non-hydrogen) atoms. The Kier molecular flexibility index (Phi) is 5.01. The van der Waals surface area contributed by atoms with Gasteiger partial charge in [0, 0.05) is 11.1 Å². The topological polar surface area (TPSA) is 96.2 Å². The predicted molar refractivity (Wildman–Crippen MR) is 85.0 cm³/mol. The van der Waals surface area contributed by atoms with Gasteiger partial charge in [-0.25, -0.2) is 4.90 Å². The second-order valence-electron chi connectivity index (χ2n) is 6.53. The van der Waals surface area contributed by atoms with Crippen LogP contribution in [0.25, 0.3) is 0 Å². The highest BCUT2D eigenvalue weighted by molar-refractivity contribution is 5.38. The fourth-order valence-electron chi connectivity index (χ4n) is 3.63. The zero-order chi connectivity index (χ0) is 16.6. The second kappa shape index (κ2) is 6.84. The molecule has 0 saturated carbocycles. The Balaban J connectivity index is 1.82. The van der Waals surface area contributed by atoms with Crippen molar-refractivity contribution in [3.8, 4) is 0 Å². The van der Waals surface area contributed by atoms with Crippen LogP contribution in [-0.4, -0.2) is 43.8 Å². The van der Waals surface area contributed by atoms with Gasteiger partial charge in [0.05, 0.1) is 6.04 Å². The molecule has 128 valence electrons. The highest BCUT2D eigenvalue weighted by atomic mass is 16.3. The van der Waals surface area contributed by atoms with Crippen molar-refractivity contribution in [2.75, 3.05) is 0 Å².